The number of ether oxygens (including phenoxy) is 1. The van der Waals surface area contributed by atoms with E-state index in [-0.39, 0.29) is 0 Å². The Hall–Kier alpha value is -0.870. The molecule has 3 nitrogen and oxygen atoms in total. The van der Waals surface area contributed by atoms with Crippen molar-refractivity contribution in [3.8, 4) is 5.75 Å². The molecule has 0 unspecified atom stereocenters. The average Bonchev–Trinajstić information content (AvgIpc) is 2.75. The zero-order valence-corrected chi connectivity index (χ0v) is 10.6. The molecule has 2 aromatic rings. The van der Waals surface area contributed by atoms with E-state index in [1.165, 1.54) is 0 Å². The van der Waals surface area contributed by atoms with Crippen molar-refractivity contribution >= 4 is 29.0 Å². The van der Waals surface area contributed by atoms with Gasteiger partial charge >= 0.3 is 0 Å². The molecule has 0 saturated heterocycles. The summed E-state index contributed by atoms with van der Waals surface area (Å²) < 4.78 is 7.34. The van der Waals surface area contributed by atoms with E-state index >= 15 is 0 Å². The number of hydrogen-bond donors (Lipinski definition) is 0. The molecule has 2 heterocycles. The second-order valence-corrected chi connectivity index (χ2v) is 4.80. The summed E-state index contributed by atoms with van der Waals surface area (Å²) in [5, 5.41) is 0. The van der Waals surface area contributed by atoms with Crippen molar-refractivity contribution in [3.63, 3.8) is 0 Å². The number of rotatable bonds is 5. The molecule has 0 aromatic carbocycles. The van der Waals surface area contributed by atoms with Crippen LogP contribution < -0.4 is 4.74 Å². The summed E-state index contributed by atoms with van der Waals surface area (Å²) in [7, 11) is 1.68. The molecule has 5 heteroatoms. The van der Waals surface area contributed by atoms with Gasteiger partial charge in [0.15, 0.2) is 0 Å². The van der Waals surface area contributed by atoms with Crippen molar-refractivity contribution in [3.05, 3.63) is 24.7 Å². The van der Waals surface area contributed by atoms with Gasteiger partial charge < -0.3 is 9.14 Å². The highest BCUT2D eigenvalue weighted by atomic mass is 35.5. The number of pyridine rings is 1. The number of methoxy groups -OCH3 is 1. The van der Waals surface area contributed by atoms with E-state index in [0.29, 0.717) is 5.88 Å². The van der Waals surface area contributed by atoms with Crippen molar-refractivity contribution in [2.75, 3.05) is 18.7 Å². The third-order valence-corrected chi connectivity index (χ3v) is 3.59. The normalized spacial score (nSPS) is 10.9. The van der Waals surface area contributed by atoms with E-state index in [1.807, 2.05) is 22.9 Å². The molecule has 0 aliphatic rings. The van der Waals surface area contributed by atoms with Gasteiger partial charge in [0.2, 0.25) is 0 Å². The second kappa shape index (κ2) is 5.46. The Morgan fingerprint density at radius 2 is 2.44 bits per heavy atom. The minimum Gasteiger partial charge on any atom is -0.495 e. The molecule has 0 radical (unpaired) electrons. The zero-order valence-electron chi connectivity index (χ0n) is 9.02. The third-order valence-electron chi connectivity index (χ3n) is 2.21. The Morgan fingerprint density at radius 1 is 1.56 bits per heavy atom. The smallest absolute Gasteiger partial charge is 0.140 e. The van der Waals surface area contributed by atoms with Crippen LogP contribution in [0.25, 0.3) is 5.65 Å². The topological polar surface area (TPSA) is 26.5 Å². The number of aromatic nitrogens is 2. The maximum absolute atomic E-state index is 5.66. The zero-order chi connectivity index (χ0) is 11.4. The monoisotopic (exact) mass is 256 g/mol. The first-order valence-electron chi connectivity index (χ1n) is 5.04. The fraction of sp³-hybridized carbons (Fsp3) is 0.364. The maximum atomic E-state index is 5.66. The average molecular weight is 257 g/mol. The summed E-state index contributed by atoms with van der Waals surface area (Å²) in [5.74, 6) is 2.57. The van der Waals surface area contributed by atoms with E-state index in [2.05, 4.69) is 4.98 Å². The number of alkyl halides is 1. The summed E-state index contributed by atoms with van der Waals surface area (Å²) in [6.45, 7) is 0. The van der Waals surface area contributed by atoms with E-state index in [1.54, 1.807) is 25.1 Å². The highest BCUT2D eigenvalue weighted by molar-refractivity contribution is 7.99. The largest absolute Gasteiger partial charge is 0.495 e. The van der Waals surface area contributed by atoms with Gasteiger partial charge in [-0.05, 0) is 12.2 Å². The van der Waals surface area contributed by atoms with Gasteiger partial charge in [0, 0.05) is 30.5 Å². The molecular formula is C11H13ClN2OS. The molecule has 0 amide bonds. The minimum atomic E-state index is 0.697. The molecule has 86 valence electrons. The fourth-order valence-corrected chi connectivity index (χ4v) is 2.70. The Bertz CT molecular complexity index is 472. The quantitative estimate of drug-likeness (QED) is 0.467. The molecule has 0 spiro atoms. The van der Waals surface area contributed by atoms with Gasteiger partial charge in [0.1, 0.15) is 11.4 Å². The number of nitrogens with zero attached hydrogens (tertiary/aromatic N) is 2. The lowest BCUT2D eigenvalue weighted by molar-refractivity contribution is 0.404. The Labute approximate surface area is 104 Å². The number of thioether (sulfide) groups is 1. The molecule has 0 saturated carbocycles. The first kappa shape index (κ1) is 11.6. The molecule has 0 fully saturated rings. The van der Waals surface area contributed by atoms with Gasteiger partial charge in [-0.15, -0.1) is 23.4 Å². The molecular weight excluding hydrogens is 244 g/mol. The van der Waals surface area contributed by atoms with Crippen LogP contribution in [0.5, 0.6) is 5.75 Å². The van der Waals surface area contributed by atoms with Gasteiger partial charge in [-0.25, -0.2) is 4.98 Å². The number of fused-ring (bicyclic) bond motifs is 1. The first-order chi connectivity index (χ1) is 7.85. The number of imidazole rings is 1. The van der Waals surface area contributed by atoms with Crippen LogP contribution in [-0.2, 0) is 0 Å². The third kappa shape index (κ3) is 2.44. The van der Waals surface area contributed by atoms with Gasteiger partial charge in [-0.3, -0.25) is 0 Å². The summed E-state index contributed by atoms with van der Waals surface area (Å²) in [4.78, 5) is 5.34. The maximum Gasteiger partial charge on any atom is 0.140 e. The van der Waals surface area contributed by atoms with Crippen LogP contribution in [-0.4, -0.2) is 28.1 Å². The lowest BCUT2D eigenvalue weighted by Gasteiger charge is -2.08. The Kier molecular flexibility index (Phi) is 3.96. The van der Waals surface area contributed by atoms with Crippen molar-refractivity contribution in [1.82, 2.24) is 9.38 Å². The van der Waals surface area contributed by atoms with Crippen LogP contribution in [0.2, 0.25) is 0 Å². The van der Waals surface area contributed by atoms with Crippen molar-refractivity contribution in [1.29, 1.82) is 0 Å². The molecule has 16 heavy (non-hydrogen) atoms. The van der Waals surface area contributed by atoms with Crippen LogP contribution in [0, 0.1) is 0 Å². The van der Waals surface area contributed by atoms with Crippen molar-refractivity contribution in [2.24, 2.45) is 0 Å². The van der Waals surface area contributed by atoms with Crippen molar-refractivity contribution < 1.29 is 4.74 Å². The second-order valence-electron chi connectivity index (χ2n) is 3.29. The molecule has 0 atom stereocenters. The molecule has 2 rings (SSSR count). The van der Waals surface area contributed by atoms with Crippen molar-refractivity contribution in [2.45, 2.75) is 11.3 Å². The van der Waals surface area contributed by atoms with Crippen LogP contribution in [0.1, 0.15) is 6.42 Å². The minimum absolute atomic E-state index is 0.697. The number of hydrogen-bond acceptors (Lipinski definition) is 3. The summed E-state index contributed by atoms with van der Waals surface area (Å²) in [6, 6.07) is 1.95. The standard InChI is InChI=1S/C11H13ClN2OS/c1-15-9-7-11-13-4-5-14(11)8-10(9)16-6-2-3-12/h4-5,7-8H,2-3,6H2,1H3. The fourth-order valence-electron chi connectivity index (χ4n) is 1.43. The van der Waals surface area contributed by atoms with Gasteiger partial charge in [0.05, 0.1) is 12.0 Å². The van der Waals surface area contributed by atoms with Crippen LogP contribution in [0.4, 0.5) is 0 Å². The van der Waals surface area contributed by atoms with Crippen LogP contribution in [0.3, 0.4) is 0 Å². The molecule has 0 N–H and O–H groups in total. The number of halogens is 1. The van der Waals surface area contributed by atoms with Crippen LogP contribution >= 0.6 is 23.4 Å². The molecule has 0 aliphatic heterocycles. The first-order valence-corrected chi connectivity index (χ1v) is 6.56. The summed E-state index contributed by atoms with van der Waals surface area (Å²) in [6.07, 6.45) is 6.75. The predicted octanol–water partition coefficient (Wildman–Crippen LogP) is 3.06. The Balaban J connectivity index is 2.26. The van der Waals surface area contributed by atoms with Gasteiger partial charge in [-0.2, -0.15) is 0 Å². The Morgan fingerprint density at radius 3 is 3.19 bits per heavy atom. The predicted molar refractivity (Wildman–Crippen MR) is 67.8 cm³/mol. The van der Waals surface area contributed by atoms with E-state index in [4.69, 9.17) is 16.3 Å². The van der Waals surface area contributed by atoms with E-state index < -0.39 is 0 Å². The highest BCUT2D eigenvalue weighted by Gasteiger charge is 2.06. The van der Waals surface area contributed by atoms with E-state index in [0.717, 1.165) is 28.5 Å². The van der Waals surface area contributed by atoms with Crippen LogP contribution in [0.15, 0.2) is 29.6 Å². The SMILES string of the molecule is COc1cc2nccn2cc1SCCCCl. The lowest BCUT2D eigenvalue weighted by Crippen LogP contribution is -1.92. The molecule has 0 aliphatic carbocycles. The summed E-state index contributed by atoms with van der Waals surface area (Å²) >= 11 is 7.42. The molecule has 0 bridgehead atoms. The molecule has 2 aromatic heterocycles. The highest BCUT2D eigenvalue weighted by Crippen LogP contribution is 2.30. The summed E-state index contributed by atoms with van der Waals surface area (Å²) in [5.41, 5.74) is 0.901. The van der Waals surface area contributed by atoms with Gasteiger partial charge in [0.25, 0.3) is 0 Å². The van der Waals surface area contributed by atoms with E-state index in [9.17, 15) is 0 Å². The lowest BCUT2D eigenvalue weighted by atomic mass is 10.4. The van der Waals surface area contributed by atoms with Gasteiger partial charge in [-0.1, -0.05) is 0 Å².